The molecular formula is C12H15F3N2O. The van der Waals surface area contributed by atoms with E-state index in [0.717, 1.165) is 0 Å². The Morgan fingerprint density at radius 1 is 1.28 bits per heavy atom. The van der Waals surface area contributed by atoms with Gasteiger partial charge < -0.3 is 11.1 Å². The Hall–Kier alpha value is -1.56. The van der Waals surface area contributed by atoms with Gasteiger partial charge in [0.1, 0.15) is 23.0 Å². The van der Waals surface area contributed by atoms with E-state index in [9.17, 15) is 18.0 Å². The van der Waals surface area contributed by atoms with Crippen molar-refractivity contribution in [3.05, 3.63) is 35.1 Å². The molecule has 3 nitrogen and oxygen atoms in total. The molecule has 100 valence electrons. The number of rotatable bonds is 4. The van der Waals surface area contributed by atoms with Crippen molar-refractivity contribution >= 4 is 5.91 Å². The van der Waals surface area contributed by atoms with Crippen molar-refractivity contribution in [3.63, 3.8) is 0 Å². The highest BCUT2D eigenvalue weighted by Crippen LogP contribution is 2.15. The average Bonchev–Trinajstić information content (AvgIpc) is 2.12. The van der Waals surface area contributed by atoms with Gasteiger partial charge in [-0.1, -0.05) is 0 Å². The zero-order valence-electron chi connectivity index (χ0n) is 10.1. The van der Waals surface area contributed by atoms with Crippen LogP contribution in [0.2, 0.25) is 0 Å². The summed E-state index contributed by atoms with van der Waals surface area (Å²) in [6, 6.07) is 0.451. The Kier molecular flexibility index (Phi) is 4.72. The third kappa shape index (κ3) is 3.73. The van der Waals surface area contributed by atoms with Gasteiger partial charge in [0.05, 0.1) is 0 Å². The Morgan fingerprint density at radius 2 is 1.78 bits per heavy atom. The van der Waals surface area contributed by atoms with Crippen LogP contribution in [0.1, 0.15) is 30.6 Å². The molecule has 1 rings (SSSR count). The number of halogens is 3. The molecule has 0 aliphatic carbocycles. The minimum Gasteiger partial charge on any atom is -0.349 e. The lowest BCUT2D eigenvalue weighted by atomic mass is 10.1. The number of hydrogen-bond acceptors (Lipinski definition) is 2. The first-order valence-corrected chi connectivity index (χ1v) is 5.52. The Morgan fingerprint density at radius 3 is 2.22 bits per heavy atom. The lowest BCUT2D eigenvalue weighted by Crippen LogP contribution is -2.37. The quantitative estimate of drug-likeness (QED) is 0.869. The smallest absolute Gasteiger partial charge is 0.257 e. The molecule has 18 heavy (non-hydrogen) atoms. The van der Waals surface area contributed by atoms with E-state index < -0.39 is 28.9 Å². The number of nitrogens with one attached hydrogen (secondary N) is 1. The van der Waals surface area contributed by atoms with E-state index in [1.165, 1.54) is 0 Å². The van der Waals surface area contributed by atoms with Gasteiger partial charge >= 0.3 is 0 Å². The fourth-order valence-electron chi connectivity index (χ4n) is 1.67. The third-order valence-electron chi connectivity index (χ3n) is 2.34. The molecule has 0 bridgehead atoms. The van der Waals surface area contributed by atoms with Gasteiger partial charge in [-0.3, -0.25) is 4.79 Å². The van der Waals surface area contributed by atoms with Crippen LogP contribution >= 0.6 is 0 Å². The van der Waals surface area contributed by atoms with Gasteiger partial charge in [0.15, 0.2) is 0 Å². The first-order valence-electron chi connectivity index (χ1n) is 5.52. The molecule has 1 aromatic carbocycles. The molecule has 0 fully saturated rings. The van der Waals surface area contributed by atoms with Gasteiger partial charge in [0.2, 0.25) is 0 Å². The zero-order chi connectivity index (χ0) is 13.9. The summed E-state index contributed by atoms with van der Waals surface area (Å²) in [6.07, 6.45) is 0.468. The SMILES string of the molecule is CC(N)CC(C)NC(=O)c1c(F)cc(F)cc1F. The summed E-state index contributed by atoms with van der Waals surface area (Å²) in [6.45, 7) is 3.42. The molecule has 0 radical (unpaired) electrons. The highest BCUT2D eigenvalue weighted by atomic mass is 19.1. The minimum absolute atomic E-state index is 0.150. The van der Waals surface area contributed by atoms with Gasteiger partial charge in [-0.15, -0.1) is 0 Å². The van der Waals surface area contributed by atoms with Crippen LogP contribution in [-0.4, -0.2) is 18.0 Å². The summed E-state index contributed by atoms with van der Waals surface area (Å²) in [4.78, 5) is 11.6. The molecule has 2 unspecified atom stereocenters. The van der Waals surface area contributed by atoms with Crippen LogP contribution in [0.25, 0.3) is 0 Å². The third-order valence-corrected chi connectivity index (χ3v) is 2.34. The van der Waals surface area contributed by atoms with Gasteiger partial charge in [-0.05, 0) is 20.3 Å². The van der Waals surface area contributed by atoms with E-state index in [2.05, 4.69) is 5.32 Å². The Labute approximate surface area is 103 Å². The van der Waals surface area contributed by atoms with Gasteiger partial charge in [0, 0.05) is 24.2 Å². The highest BCUT2D eigenvalue weighted by Gasteiger charge is 2.20. The summed E-state index contributed by atoms with van der Waals surface area (Å²) in [5, 5.41) is 2.41. The van der Waals surface area contributed by atoms with E-state index >= 15 is 0 Å². The molecule has 1 aromatic rings. The van der Waals surface area contributed by atoms with Crippen molar-refractivity contribution in [3.8, 4) is 0 Å². The van der Waals surface area contributed by atoms with Crippen LogP contribution in [0, 0.1) is 17.5 Å². The van der Waals surface area contributed by atoms with Crippen molar-refractivity contribution < 1.29 is 18.0 Å². The second-order valence-corrected chi connectivity index (χ2v) is 4.33. The van der Waals surface area contributed by atoms with Crippen molar-refractivity contribution in [2.75, 3.05) is 0 Å². The molecule has 1 amide bonds. The fraction of sp³-hybridized carbons (Fsp3) is 0.417. The molecule has 0 saturated carbocycles. The lowest BCUT2D eigenvalue weighted by Gasteiger charge is -2.16. The van der Waals surface area contributed by atoms with Crippen molar-refractivity contribution in [1.82, 2.24) is 5.32 Å². The van der Waals surface area contributed by atoms with Gasteiger partial charge in [0.25, 0.3) is 5.91 Å². The molecule has 0 spiro atoms. The lowest BCUT2D eigenvalue weighted by molar-refractivity contribution is 0.0929. The predicted molar refractivity (Wildman–Crippen MR) is 61.5 cm³/mol. The van der Waals surface area contributed by atoms with E-state index in [1.54, 1.807) is 13.8 Å². The predicted octanol–water partition coefficient (Wildman–Crippen LogP) is 1.96. The summed E-state index contributed by atoms with van der Waals surface area (Å²) in [5.74, 6) is -4.43. The van der Waals surface area contributed by atoms with Crippen LogP contribution in [0.5, 0.6) is 0 Å². The standard InChI is InChI=1S/C12H15F3N2O/c1-6(16)3-7(2)17-12(18)11-9(14)4-8(13)5-10(11)15/h4-7H,3,16H2,1-2H3,(H,17,18). The van der Waals surface area contributed by atoms with E-state index in [0.29, 0.717) is 18.6 Å². The molecule has 0 aromatic heterocycles. The van der Waals surface area contributed by atoms with Gasteiger partial charge in [-0.25, -0.2) is 13.2 Å². The van der Waals surface area contributed by atoms with Crippen molar-refractivity contribution in [2.24, 2.45) is 5.73 Å². The normalized spacial score (nSPS) is 14.1. The van der Waals surface area contributed by atoms with Crippen molar-refractivity contribution in [2.45, 2.75) is 32.4 Å². The van der Waals surface area contributed by atoms with Crippen molar-refractivity contribution in [1.29, 1.82) is 0 Å². The maximum absolute atomic E-state index is 13.3. The van der Waals surface area contributed by atoms with E-state index in [-0.39, 0.29) is 12.1 Å². The molecule has 0 saturated heterocycles. The highest BCUT2D eigenvalue weighted by molar-refractivity contribution is 5.94. The van der Waals surface area contributed by atoms with Crippen LogP contribution in [0.3, 0.4) is 0 Å². The largest absolute Gasteiger partial charge is 0.349 e. The van der Waals surface area contributed by atoms with Crippen LogP contribution in [0.15, 0.2) is 12.1 Å². The topological polar surface area (TPSA) is 55.1 Å². The average molecular weight is 260 g/mol. The summed E-state index contributed by atoms with van der Waals surface area (Å²) in [7, 11) is 0. The number of nitrogens with two attached hydrogens (primary N) is 1. The van der Waals surface area contributed by atoms with Crippen LogP contribution in [-0.2, 0) is 0 Å². The number of carbonyl (C=O) groups excluding carboxylic acids is 1. The molecule has 0 heterocycles. The molecule has 0 aliphatic rings. The molecule has 2 atom stereocenters. The summed E-state index contributed by atoms with van der Waals surface area (Å²) < 4.78 is 39.3. The second kappa shape index (κ2) is 5.86. The van der Waals surface area contributed by atoms with E-state index in [4.69, 9.17) is 5.73 Å². The first-order chi connectivity index (χ1) is 8.31. The molecule has 0 aliphatic heterocycles. The molecule has 6 heteroatoms. The van der Waals surface area contributed by atoms with Crippen LogP contribution in [0.4, 0.5) is 13.2 Å². The maximum Gasteiger partial charge on any atom is 0.257 e. The molecular weight excluding hydrogens is 245 g/mol. The van der Waals surface area contributed by atoms with Gasteiger partial charge in [-0.2, -0.15) is 0 Å². The minimum atomic E-state index is -1.22. The summed E-state index contributed by atoms with van der Waals surface area (Å²) in [5.41, 5.74) is 4.75. The number of carbonyl (C=O) groups is 1. The number of benzene rings is 1. The maximum atomic E-state index is 13.3. The van der Waals surface area contributed by atoms with E-state index in [1.807, 2.05) is 0 Å². The summed E-state index contributed by atoms with van der Waals surface area (Å²) >= 11 is 0. The second-order valence-electron chi connectivity index (χ2n) is 4.33. The zero-order valence-corrected chi connectivity index (χ0v) is 10.1. The Bertz CT molecular complexity index is 426. The number of hydrogen-bond donors (Lipinski definition) is 2. The Balaban J connectivity index is 2.85. The molecule has 3 N–H and O–H groups in total. The fourth-order valence-corrected chi connectivity index (χ4v) is 1.67. The van der Waals surface area contributed by atoms with Crippen LogP contribution < -0.4 is 11.1 Å². The number of amides is 1. The monoisotopic (exact) mass is 260 g/mol. The first kappa shape index (κ1) is 14.5.